The number of imide groups is 1. The maximum atomic E-state index is 13.5. The van der Waals surface area contributed by atoms with Crippen molar-refractivity contribution in [1.29, 1.82) is 0 Å². The molecule has 2 aromatic carbocycles. The van der Waals surface area contributed by atoms with Gasteiger partial charge in [0, 0.05) is 17.8 Å². The van der Waals surface area contributed by atoms with Crippen LogP contribution in [0.2, 0.25) is 0 Å². The van der Waals surface area contributed by atoms with Crippen LogP contribution >= 0.6 is 11.6 Å². The first-order chi connectivity index (χ1) is 15.7. The Morgan fingerprint density at radius 1 is 1.09 bits per heavy atom. The smallest absolute Gasteiger partial charge is 0.334 e. The summed E-state index contributed by atoms with van der Waals surface area (Å²) in [5, 5.41) is -0.558. The number of β-lactam (4-membered cyclic amide) rings is 1. The molecule has 6 nitrogen and oxygen atoms in total. The number of hydrogen-bond donors (Lipinski definition) is 0. The Labute approximate surface area is 200 Å². The summed E-state index contributed by atoms with van der Waals surface area (Å²) in [7, 11) is 0. The molecule has 0 spiro atoms. The second-order valence-electron chi connectivity index (χ2n) is 8.88. The molecule has 0 unspecified atom stereocenters. The van der Waals surface area contributed by atoms with Gasteiger partial charge >= 0.3 is 6.03 Å². The molecular weight excluding hydrogens is 440 g/mol. The fourth-order valence-electron chi connectivity index (χ4n) is 3.71. The van der Waals surface area contributed by atoms with E-state index in [2.05, 4.69) is 20.8 Å². The molecule has 0 bridgehead atoms. The fourth-order valence-corrected chi connectivity index (χ4v) is 3.83. The fraction of sp³-hybridized carbons (Fsp3) is 0.423. The Hall–Kier alpha value is -2.86. The van der Waals surface area contributed by atoms with Crippen molar-refractivity contribution in [2.45, 2.75) is 59.6 Å². The topological polar surface area (TPSA) is 66.9 Å². The van der Waals surface area contributed by atoms with Crippen LogP contribution in [0.4, 0.5) is 10.5 Å². The Bertz CT molecular complexity index is 1000. The predicted molar refractivity (Wildman–Crippen MR) is 130 cm³/mol. The number of aryl methyl sites for hydroxylation is 1. The van der Waals surface area contributed by atoms with Crippen LogP contribution in [0.5, 0.6) is 5.75 Å². The second kappa shape index (κ2) is 10.4. The molecule has 176 valence electrons. The third-order valence-corrected chi connectivity index (χ3v) is 6.91. The Balaban J connectivity index is 1.80. The third kappa shape index (κ3) is 5.74. The number of carbonyl (C=O) groups excluding carboxylic acids is 3. The van der Waals surface area contributed by atoms with Crippen molar-refractivity contribution in [3.05, 3.63) is 59.7 Å². The standard InChI is InChI=1S/C26H31ClN2O4/c1-5-26(4,6-2)15-16-28(20-11-7-18(3)8-12-20)25(32)29-22(30)17-23(29)33-21-13-9-19(10-14-21)24(27)31/h7-14,23H,5-6,15-17H2,1-4H3/t23-/m0/s1. The number of rotatable bonds is 9. The summed E-state index contributed by atoms with van der Waals surface area (Å²) in [6.07, 6.45) is 2.26. The van der Waals surface area contributed by atoms with Gasteiger partial charge in [-0.25, -0.2) is 9.69 Å². The molecule has 1 saturated heterocycles. The van der Waals surface area contributed by atoms with E-state index in [1.165, 1.54) is 4.90 Å². The summed E-state index contributed by atoms with van der Waals surface area (Å²) >= 11 is 5.49. The summed E-state index contributed by atoms with van der Waals surface area (Å²) < 4.78 is 5.89. The molecule has 0 radical (unpaired) electrons. The van der Waals surface area contributed by atoms with Gasteiger partial charge in [0.25, 0.3) is 5.24 Å². The first-order valence-electron chi connectivity index (χ1n) is 11.3. The normalized spacial score (nSPS) is 15.7. The lowest BCUT2D eigenvalue weighted by molar-refractivity contribution is -0.152. The molecule has 2 aromatic rings. The highest BCUT2D eigenvalue weighted by molar-refractivity contribution is 6.67. The summed E-state index contributed by atoms with van der Waals surface area (Å²) in [6.45, 7) is 9.04. The SMILES string of the molecule is CCC(C)(CC)CCN(C(=O)N1C(=O)C[C@@H]1Oc1ccc(C(=O)Cl)cc1)c1ccc(C)cc1. The number of benzene rings is 2. The lowest BCUT2D eigenvalue weighted by Gasteiger charge is -2.41. The van der Waals surface area contributed by atoms with Gasteiger partial charge in [-0.2, -0.15) is 0 Å². The Morgan fingerprint density at radius 3 is 2.21 bits per heavy atom. The highest BCUT2D eigenvalue weighted by atomic mass is 35.5. The summed E-state index contributed by atoms with van der Waals surface area (Å²) in [5.74, 6) is 0.182. The summed E-state index contributed by atoms with van der Waals surface area (Å²) in [4.78, 5) is 40.1. The van der Waals surface area contributed by atoms with E-state index in [1.54, 1.807) is 29.2 Å². The van der Waals surface area contributed by atoms with Crippen LogP contribution in [0.25, 0.3) is 0 Å². The number of urea groups is 1. The van der Waals surface area contributed by atoms with Crippen LogP contribution in [-0.2, 0) is 4.79 Å². The van der Waals surface area contributed by atoms with Crippen molar-refractivity contribution in [2.75, 3.05) is 11.4 Å². The zero-order valence-corrected chi connectivity index (χ0v) is 20.4. The van der Waals surface area contributed by atoms with Gasteiger partial charge < -0.3 is 4.74 Å². The van der Waals surface area contributed by atoms with E-state index in [0.29, 0.717) is 17.9 Å². The molecule has 0 aliphatic carbocycles. The van der Waals surface area contributed by atoms with E-state index in [0.717, 1.165) is 30.5 Å². The Morgan fingerprint density at radius 2 is 1.70 bits per heavy atom. The quantitative estimate of drug-likeness (QED) is 0.325. The molecule has 1 aliphatic rings. The summed E-state index contributed by atoms with van der Waals surface area (Å²) in [5.41, 5.74) is 2.31. The molecular formula is C26H31ClN2O4. The molecule has 7 heteroatoms. The molecule has 1 heterocycles. The van der Waals surface area contributed by atoms with Gasteiger partial charge in [-0.05, 0) is 66.8 Å². The number of amides is 3. The van der Waals surface area contributed by atoms with Gasteiger partial charge in [0.1, 0.15) is 5.75 Å². The Kier molecular flexibility index (Phi) is 7.80. The molecule has 0 aromatic heterocycles. The van der Waals surface area contributed by atoms with Crippen molar-refractivity contribution in [2.24, 2.45) is 5.41 Å². The van der Waals surface area contributed by atoms with Crippen molar-refractivity contribution in [3.8, 4) is 5.75 Å². The maximum Gasteiger partial charge on any atom is 0.334 e. The van der Waals surface area contributed by atoms with Crippen LogP contribution in [0.1, 0.15) is 62.4 Å². The zero-order valence-electron chi connectivity index (χ0n) is 19.6. The van der Waals surface area contributed by atoms with Gasteiger partial charge in [-0.1, -0.05) is 51.3 Å². The minimum absolute atomic E-state index is 0.111. The van der Waals surface area contributed by atoms with E-state index in [9.17, 15) is 14.4 Å². The highest BCUT2D eigenvalue weighted by Crippen LogP contribution is 2.32. The number of nitrogens with zero attached hydrogens (tertiary/aromatic N) is 2. The average molecular weight is 471 g/mol. The average Bonchev–Trinajstić information content (AvgIpc) is 2.80. The molecule has 1 aliphatic heterocycles. The van der Waals surface area contributed by atoms with Crippen molar-refractivity contribution >= 4 is 34.5 Å². The van der Waals surface area contributed by atoms with E-state index < -0.39 is 11.5 Å². The molecule has 0 N–H and O–H groups in total. The predicted octanol–water partition coefficient (Wildman–Crippen LogP) is 6.15. The lowest BCUT2D eigenvalue weighted by Crippen LogP contribution is -2.62. The largest absolute Gasteiger partial charge is 0.469 e. The minimum atomic E-state index is -0.695. The van der Waals surface area contributed by atoms with E-state index in [-0.39, 0.29) is 23.8 Å². The van der Waals surface area contributed by atoms with Gasteiger partial charge in [-0.3, -0.25) is 14.5 Å². The first kappa shape index (κ1) is 24.8. The van der Waals surface area contributed by atoms with Gasteiger partial charge in [0.2, 0.25) is 5.91 Å². The number of carbonyl (C=O) groups is 3. The van der Waals surface area contributed by atoms with Gasteiger partial charge in [-0.15, -0.1) is 0 Å². The summed E-state index contributed by atoms with van der Waals surface area (Å²) in [6, 6.07) is 13.6. The third-order valence-electron chi connectivity index (χ3n) is 6.69. The molecule has 33 heavy (non-hydrogen) atoms. The molecule has 0 saturated carbocycles. The van der Waals surface area contributed by atoms with Gasteiger partial charge in [0.15, 0.2) is 6.23 Å². The first-order valence-corrected chi connectivity index (χ1v) is 11.7. The van der Waals surface area contributed by atoms with E-state index in [1.807, 2.05) is 31.2 Å². The number of ether oxygens (including phenoxy) is 1. The number of anilines is 1. The van der Waals surface area contributed by atoms with Crippen LogP contribution in [0.15, 0.2) is 48.5 Å². The number of hydrogen-bond acceptors (Lipinski definition) is 4. The molecule has 1 atom stereocenters. The second-order valence-corrected chi connectivity index (χ2v) is 9.22. The number of halogens is 1. The van der Waals surface area contributed by atoms with Crippen LogP contribution in [0.3, 0.4) is 0 Å². The van der Waals surface area contributed by atoms with Crippen LogP contribution < -0.4 is 9.64 Å². The lowest BCUT2D eigenvalue weighted by atomic mass is 9.81. The van der Waals surface area contributed by atoms with Crippen LogP contribution in [0, 0.1) is 12.3 Å². The number of likely N-dealkylation sites (tertiary alicyclic amines) is 1. The van der Waals surface area contributed by atoms with Crippen LogP contribution in [-0.4, -0.2) is 34.9 Å². The zero-order chi connectivity index (χ0) is 24.2. The molecule has 3 rings (SSSR count). The van der Waals surface area contributed by atoms with Crippen molar-refractivity contribution < 1.29 is 19.1 Å². The monoisotopic (exact) mass is 470 g/mol. The highest BCUT2D eigenvalue weighted by Gasteiger charge is 2.45. The van der Waals surface area contributed by atoms with Gasteiger partial charge in [0.05, 0.1) is 6.42 Å². The van der Waals surface area contributed by atoms with E-state index in [4.69, 9.17) is 16.3 Å². The molecule has 1 fully saturated rings. The van der Waals surface area contributed by atoms with Crippen molar-refractivity contribution in [1.82, 2.24) is 4.90 Å². The molecule has 3 amide bonds. The van der Waals surface area contributed by atoms with E-state index >= 15 is 0 Å². The minimum Gasteiger partial charge on any atom is -0.469 e. The maximum absolute atomic E-state index is 13.5. The van der Waals surface area contributed by atoms with Crippen molar-refractivity contribution in [3.63, 3.8) is 0 Å².